The van der Waals surface area contributed by atoms with Gasteiger partial charge in [-0.2, -0.15) is 0 Å². The van der Waals surface area contributed by atoms with E-state index in [0.29, 0.717) is 6.04 Å². The van der Waals surface area contributed by atoms with Crippen molar-refractivity contribution >= 4 is 11.6 Å². The minimum absolute atomic E-state index is 0.134. The van der Waals surface area contributed by atoms with Crippen LogP contribution in [0.5, 0.6) is 5.75 Å². The van der Waals surface area contributed by atoms with Gasteiger partial charge in [-0.1, -0.05) is 24.6 Å². The highest BCUT2D eigenvalue weighted by molar-refractivity contribution is 6.30. The molecule has 1 atom stereocenters. The predicted molar refractivity (Wildman–Crippen MR) is 67.2 cm³/mol. The Labute approximate surface area is 102 Å². The van der Waals surface area contributed by atoms with E-state index in [-0.39, 0.29) is 5.60 Å². The quantitative estimate of drug-likeness (QED) is 0.852. The molecule has 0 aromatic heterocycles. The maximum Gasteiger partial charge on any atom is 0.126 e. The van der Waals surface area contributed by atoms with Crippen molar-refractivity contribution in [1.29, 1.82) is 0 Å². The van der Waals surface area contributed by atoms with Crippen molar-refractivity contribution in [2.75, 3.05) is 6.54 Å². The van der Waals surface area contributed by atoms with Crippen molar-refractivity contribution in [2.45, 2.75) is 38.8 Å². The molecule has 16 heavy (non-hydrogen) atoms. The predicted octanol–water partition coefficient (Wildman–Crippen LogP) is 3.55. The van der Waals surface area contributed by atoms with Gasteiger partial charge >= 0.3 is 0 Å². The third kappa shape index (κ3) is 2.33. The molecule has 2 nitrogen and oxygen atoms in total. The summed E-state index contributed by atoms with van der Waals surface area (Å²) < 4.78 is 5.95. The standard InChI is InChI=1S/C13H18ClNO/c1-4-15-11-8-13(2,3)16-12-7-9(14)5-6-10(11)12/h5-7,11,15H,4,8H2,1-3H3. The van der Waals surface area contributed by atoms with Crippen LogP contribution in [0.2, 0.25) is 5.02 Å². The largest absolute Gasteiger partial charge is 0.487 e. The zero-order valence-corrected chi connectivity index (χ0v) is 10.8. The highest BCUT2D eigenvalue weighted by Crippen LogP contribution is 2.40. The van der Waals surface area contributed by atoms with Crippen molar-refractivity contribution in [2.24, 2.45) is 0 Å². The molecule has 1 N–H and O–H groups in total. The Morgan fingerprint density at radius 2 is 2.25 bits per heavy atom. The number of ether oxygens (including phenoxy) is 1. The lowest BCUT2D eigenvalue weighted by molar-refractivity contribution is 0.0665. The van der Waals surface area contributed by atoms with Crippen LogP contribution in [0.1, 0.15) is 38.8 Å². The Morgan fingerprint density at radius 1 is 1.50 bits per heavy atom. The number of hydrogen-bond acceptors (Lipinski definition) is 2. The molecule has 1 aliphatic rings. The molecular formula is C13H18ClNO. The monoisotopic (exact) mass is 239 g/mol. The summed E-state index contributed by atoms with van der Waals surface area (Å²) in [5.41, 5.74) is 1.08. The van der Waals surface area contributed by atoms with Gasteiger partial charge in [0.1, 0.15) is 11.4 Å². The molecule has 0 spiro atoms. The van der Waals surface area contributed by atoms with Crippen LogP contribution in [0.25, 0.3) is 0 Å². The molecule has 3 heteroatoms. The minimum atomic E-state index is -0.134. The van der Waals surface area contributed by atoms with Gasteiger partial charge in [-0.25, -0.2) is 0 Å². The van der Waals surface area contributed by atoms with Crippen LogP contribution in [0.15, 0.2) is 18.2 Å². The third-order valence-electron chi connectivity index (χ3n) is 2.88. The summed E-state index contributed by atoms with van der Waals surface area (Å²) in [7, 11) is 0. The molecule has 1 heterocycles. The van der Waals surface area contributed by atoms with Gasteiger partial charge in [-0.05, 0) is 32.5 Å². The first kappa shape index (κ1) is 11.7. The maximum absolute atomic E-state index is 5.99. The highest BCUT2D eigenvalue weighted by Gasteiger charge is 2.33. The molecule has 0 radical (unpaired) electrons. The van der Waals surface area contributed by atoms with E-state index < -0.39 is 0 Å². The fourth-order valence-corrected chi connectivity index (χ4v) is 2.42. The van der Waals surface area contributed by atoms with E-state index in [2.05, 4.69) is 32.2 Å². The molecule has 0 fully saturated rings. The normalized spacial score (nSPS) is 22.4. The summed E-state index contributed by atoms with van der Waals surface area (Å²) >= 11 is 5.99. The molecule has 1 aromatic carbocycles. The summed E-state index contributed by atoms with van der Waals surface area (Å²) in [6.07, 6.45) is 0.982. The van der Waals surface area contributed by atoms with E-state index in [1.165, 1.54) is 5.56 Å². The van der Waals surface area contributed by atoms with Gasteiger partial charge in [0.2, 0.25) is 0 Å². The van der Waals surface area contributed by atoms with Crippen molar-refractivity contribution in [1.82, 2.24) is 5.32 Å². The molecule has 0 aliphatic carbocycles. The van der Waals surface area contributed by atoms with Crippen LogP contribution in [0.4, 0.5) is 0 Å². The van der Waals surface area contributed by atoms with Crippen LogP contribution in [-0.4, -0.2) is 12.1 Å². The Kier molecular flexibility index (Phi) is 3.13. The number of halogens is 1. The van der Waals surface area contributed by atoms with Crippen molar-refractivity contribution in [3.05, 3.63) is 28.8 Å². The van der Waals surface area contributed by atoms with E-state index in [1.807, 2.05) is 12.1 Å². The highest BCUT2D eigenvalue weighted by atomic mass is 35.5. The maximum atomic E-state index is 5.99. The average molecular weight is 240 g/mol. The molecule has 2 rings (SSSR count). The fraction of sp³-hybridized carbons (Fsp3) is 0.538. The molecule has 0 bridgehead atoms. The minimum Gasteiger partial charge on any atom is -0.487 e. The van der Waals surface area contributed by atoms with Crippen LogP contribution >= 0.6 is 11.6 Å². The molecule has 0 saturated heterocycles. The van der Waals surface area contributed by atoms with E-state index in [1.54, 1.807) is 0 Å². The van der Waals surface area contributed by atoms with E-state index in [9.17, 15) is 0 Å². The van der Waals surface area contributed by atoms with Gasteiger partial charge in [0.15, 0.2) is 0 Å². The van der Waals surface area contributed by atoms with E-state index in [4.69, 9.17) is 16.3 Å². The number of benzene rings is 1. The smallest absolute Gasteiger partial charge is 0.126 e. The first-order valence-electron chi connectivity index (χ1n) is 5.74. The second-order valence-electron chi connectivity index (χ2n) is 4.86. The Hall–Kier alpha value is -0.730. The first-order valence-corrected chi connectivity index (χ1v) is 6.11. The number of rotatable bonds is 2. The van der Waals surface area contributed by atoms with Crippen molar-refractivity contribution in [3.63, 3.8) is 0 Å². The lowest BCUT2D eigenvalue weighted by Crippen LogP contribution is -2.39. The fourth-order valence-electron chi connectivity index (χ4n) is 2.25. The second kappa shape index (κ2) is 4.27. The number of fused-ring (bicyclic) bond motifs is 1. The molecule has 1 aliphatic heterocycles. The van der Waals surface area contributed by atoms with Gasteiger partial charge in [-0.3, -0.25) is 0 Å². The van der Waals surface area contributed by atoms with Crippen LogP contribution < -0.4 is 10.1 Å². The number of nitrogens with one attached hydrogen (secondary N) is 1. The second-order valence-corrected chi connectivity index (χ2v) is 5.29. The van der Waals surface area contributed by atoms with Crippen LogP contribution in [0, 0.1) is 0 Å². The third-order valence-corrected chi connectivity index (χ3v) is 3.12. The Bertz CT molecular complexity index is 390. The van der Waals surface area contributed by atoms with Crippen molar-refractivity contribution in [3.8, 4) is 5.75 Å². The van der Waals surface area contributed by atoms with Crippen LogP contribution in [0.3, 0.4) is 0 Å². The van der Waals surface area contributed by atoms with Gasteiger partial charge in [0, 0.05) is 23.0 Å². The molecule has 0 amide bonds. The Balaban J connectivity index is 2.38. The van der Waals surface area contributed by atoms with E-state index in [0.717, 1.165) is 23.7 Å². The molecule has 1 unspecified atom stereocenters. The van der Waals surface area contributed by atoms with E-state index >= 15 is 0 Å². The molecule has 0 saturated carbocycles. The molecular weight excluding hydrogens is 222 g/mol. The summed E-state index contributed by atoms with van der Waals surface area (Å²) in [6.45, 7) is 7.31. The van der Waals surface area contributed by atoms with Gasteiger partial charge < -0.3 is 10.1 Å². The summed E-state index contributed by atoms with van der Waals surface area (Å²) in [5.74, 6) is 0.912. The summed E-state index contributed by atoms with van der Waals surface area (Å²) in [4.78, 5) is 0. The summed E-state index contributed by atoms with van der Waals surface area (Å²) in [5, 5.41) is 4.22. The van der Waals surface area contributed by atoms with Crippen LogP contribution in [-0.2, 0) is 0 Å². The zero-order valence-electron chi connectivity index (χ0n) is 10.0. The summed E-state index contributed by atoms with van der Waals surface area (Å²) in [6, 6.07) is 6.25. The number of hydrogen-bond donors (Lipinski definition) is 1. The molecule has 1 aromatic rings. The topological polar surface area (TPSA) is 21.3 Å². The zero-order chi connectivity index (χ0) is 11.8. The Morgan fingerprint density at radius 3 is 2.94 bits per heavy atom. The van der Waals surface area contributed by atoms with Gasteiger partial charge in [-0.15, -0.1) is 0 Å². The SMILES string of the molecule is CCNC1CC(C)(C)Oc2cc(Cl)ccc21. The van der Waals surface area contributed by atoms with Crippen molar-refractivity contribution < 1.29 is 4.74 Å². The van der Waals surface area contributed by atoms with Gasteiger partial charge in [0.25, 0.3) is 0 Å². The van der Waals surface area contributed by atoms with Gasteiger partial charge in [0.05, 0.1) is 0 Å². The first-order chi connectivity index (χ1) is 7.52. The average Bonchev–Trinajstić information content (AvgIpc) is 2.15. The molecule has 88 valence electrons. The lowest BCUT2D eigenvalue weighted by atomic mass is 9.90. The lowest BCUT2D eigenvalue weighted by Gasteiger charge is -2.38.